The van der Waals surface area contributed by atoms with Crippen molar-refractivity contribution in [3.63, 3.8) is 0 Å². The maximum Gasteiger partial charge on any atom is 0.282 e. The lowest BCUT2D eigenvalue weighted by molar-refractivity contribution is -0.117. The molecule has 1 saturated heterocycles. The third-order valence-corrected chi connectivity index (χ3v) is 4.53. The first-order valence-electron chi connectivity index (χ1n) is 6.43. The fourth-order valence-electron chi connectivity index (χ4n) is 2.09. The van der Waals surface area contributed by atoms with Crippen LogP contribution in [0.25, 0.3) is 6.08 Å². The number of rotatable bonds is 2. The number of hydrazine groups is 1. The van der Waals surface area contributed by atoms with Crippen LogP contribution in [0.1, 0.15) is 5.56 Å². The van der Waals surface area contributed by atoms with E-state index >= 15 is 0 Å². The molecule has 6 heteroatoms. The highest BCUT2D eigenvalue weighted by molar-refractivity contribution is 14.1. The number of benzene rings is 2. The van der Waals surface area contributed by atoms with Gasteiger partial charge in [0.05, 0.1) is 5.69 Å². The van der Waals surface area contributed by atoms with Crippen LogP contribution in [0.2, 0.25) is 0 Å². The Hall–Kier alpha value is -1.42. The van der Waals surface area contributed by atoms with E-state index in [1.54, 1.807) is 18.2 Å². The van der Waals surface area contributed by atoms with Gasteiger partial charge in [0, 0.05) is 7.14 Å². The molecular weight excluding hydrogens is 506 g/mol. The Kier molecular flexibility index (Phi) is 4.48. The number of amides is 2. The van der Waals surface area contributed by atoms with Crippen LogP contribution in [-0.4, -0.2) is 11.8 Å². The Labute approximate surface area is 154 Å². The van der Waals surface area contributed by atoms with Crippen LogP contribution in [0.4, 0.5) is 5.69 Å². The summed E-state index contributed by atoms with van der Waals surface area (Å²) in [6.45, 7) is 0. The Morgan fingerprint density at radius 3 is 2.36 bits per heavy atom. The molecule has 1 N–H and O–H groups in total. The molecule has 0 spiro atoms. The molecule has 2 aromatic carbocycles. The minimum atomic E-state index is -0.387. The van der Waals surface area contributed by atoms with Crippen molar-refractivity contribution in [3.05, 3.63) is 66.8 Å². The lowest BCUT2D eigenvalue weighted by Crippen LogP contribution is -2.35. The number of carbonyl (C=O) groups is 2. The molecule has 3 rings (SSSR count). The number of nitrogens with zero attached hydrogens (tertiary/aromatic N) is 1. The van der Waals surface area contributed by atoms with Crippen molar-refractivity contribution in [2.75, 3.05) is 5.01 Å². The van der Waals surface area contributed by atoms with E-state index in [4.69, 9.17) is 0 Å². The average Bonchev–Trinajstić information content (AvgIpc) is 2.76. The summed E-state index contributed by atoms with van der Waals surface area (Å²) < 4.78 is 2.11. The molecule has 4 nitrogen and oxygen atoms in total. The van der Waals surface area contributed by atoms with Gasteiger partial charge in [0.1, 0.15) is 5.57 Å². The van der Waals surface area contributed by atoms with E-state index in [1.807, 2.05) is 36.4 Å². The van der Waals surface area contributed by atoms with Crippen molar-refractivity contribution in [1.29, 1.82) is 0 Å². The normalized spacial score (nSPS) is 16.3. The van der Waals surface area contributed by atoms with Crippen molar-refractivity contribution >= 4 is 68.8 Å². The molecule has 0 bridgehead atoms. The molecule has 0 radical (unpaired) electrons. The van der Waals surface area contributed by atoms with Gasteiger partial charge in [-0.25, -0.2) is 5.01 Å². The van der Waals surface area contributed by atoms with E-state index in [2.05, 4.69) is 50.6 Å². The molecule has 1 aliphatic heterocycles. The van der Waals surface area contributed by atoms with E-state index in [1.165, 1.54) is 5.01 Å². The van der Waals surface area contributed by atoms with Gasteiger partial charge in [0.15, 0.2) is 0 Å². The van der Waals surface area contributed by atoms with Crippen LogP contribution in [0.3, 0.4) is 0 Å². The monoisotopic (exact) mass is 516 g/mol. The molecule has 0 aliphatic carbocycles. The quantitative estimate of drug-likeness (QED) is 0.379. The third-order valence-electron chi connectivity index (χ3n) is 3.14. The first-order valence-corrected chi connectivity index (χ1v) is 8.58. The van der Waals surface area contributed by atoms with E-state index in [-0.39, 0.29) is 17.4 Å². The highest BCUT2D eigenvalue weighted by Gasteiger charge is 2.34. The van der Waals surface area contributed by atoms with Crippen molar-refractivity contribution < 1.29 is 9.59 Å². The van der Waals surface area contributed by atoms with E-state index in [9.17, 15) is 9.59 Å². The fourth-order valence-corrected chi connectivity index (χ4v) is 3.02. The van der Waals surface area contributed by atoms with Crippen molar-refractivity contribution in [2.24, 2.45) is 0 Å². The smallest absolute Gasteiger partial charge is 0.267 e. The van der Waals surface area contributed by atoms with Crippen LogP contribution in [0, 0.1) is 7.14 Å². The zero-order valence-electron chi connectivity index (χ0n) is 11.2. The number of halogens is 2. The van der Waals surface area contributed by atoms with Crippen LogP contribution in [0.5, 0.6) is 0 Å². The van der Waals surface area contributed by atoms with Crippen molar-refractivity contribution in [1.82, 2.24) is 5.43 Å². The molecule has 22 heavy (non-hydrogen) atoms. The van der Waals surface area contributed by atoms with E-state index in [0.717, 1.165) is 12.7 Å². The highest BCUT2D eigenvalue weighted by atomic mass is 127. The van der Waals surface area contributed by atoms with Gasteiger partial charge < -0.3 is 0 Å². The molecule has 1 fully saturated rings. The second-order valence-corrected chi connectivity index (χ2v) is 7.16. The van der Waals surface area contributed by atoms with Gasteiger partial charge in [-0.2, -0.15) is 0 Å². The van der Waals surface area contributed by atoms with Crippen LogP contribution >= 0.6 is 45.2 Å². The largest absolute Gasteiger partial charge is 0.282 e. The maximum absolute atomic E-state index is 12.5. The Bertz CT molecular complexity index is 785. The first kappa shape index (κ1) is 15.5. The summed E-state index contributed by atoms with van der Waals surface area (Å²) >= 11 is 4.38. The summed E-state index contributed by atoms with van der Waals surface area (Å²) in [5.74, 6) is -0.729. The predicted octanol–water partition coefficient (Wildman–Crippen LogP) is 3.36. The van der Waals surface area contributed by atoms with Gasteiger partial charge in [0.25, 0.3) is 11.8 Å². The minimum absolute atomic E-state index is 0.139. The standard InChI is InChI=1S/C16H10I2N2O2/c17-11-4-6-13(7-5-11)20-16(22)14(15(21)19-20)9-10-2-1-3-12(18)8-10/h1-9H,(H,19,21)/b14-9+. The Morgan fingerprint density at radius 1 is 0.955 bits per heavy atom. The number of nitrogens with one attached hydrogen (secondary N) is 1. The van der Waals surface area contributed by atoms with Crippen LogP contribution in [-0.2, 0) is 9.59 Å². The summed E-state index contributed by atoms with van der Waals surface area (Å²) in [6.07, 6.45) is 1.62. The predicted molar refractivity (Wildman–Crippen MR) is 102 cm³/mol. The number of anilines is 1. The molecule has 2 aromatic rings. The maximum atomic E-state index is 12.5. The molecular formula is C16H10I2N2O2. The molecule has 1 heterocycles. The van der Waals surface area contributed by atoms with E-state index in [0.29, 0.717) is 5.69 Å². The SMILES string of the molecule is O=C1NN(c2ccc(I)cc2)C(=O)/C1=C/c1cccc(I)c1. The molecule has 0 atom stereocenters. The second-order valence-electron chi connectivity index (χ2n) is 4.67. The molecule has 0 saturated carbocycles. The van der Waals surface area contributed by atoms with Gasteiger partial charge in [-0.3, -0.25) is 15.0 Å². The van der Waals surface area contributed by atoms with Gasteiger partial charge in [0.2, 0.25) is 0 Å². The lowest BCUT2D eigenvalue weighted by Gasteiger charge is -2.14. The minimum Gasteiger partial charge on any atom is -0.267 e. The first-order chi connectivity index (χ1) is 10.5. The van der Waals surface area contributed by atoms with Crippen LogP contribution in [0.15, 0.2) is 54.1 Å². The third kappa shape index (κ3) is 3.17. The molecule has 110 valence electrons. The lowest BCUT2D eigenvalue weighted by atomic mass is 10.1. The summed E-state index contributed by atoms with van der Waals surface area (Å²) in [6, 6.07) is 15.0. The van der Waals surface area contributed by atoms with Gasteiger partial charge in [-0.1, -0.05) is 12.1 Å². The Balaban J connectivity index is 1.93. The zero-order chi connectivity index (χ0) is 15.7. The van der Waals surface area contributed by atoms with Crippen LogP contribution < -0.4 is 10.4 Å². The topological polar surface area (TPSA) is 49.4 Å². The molecule has 0 unspecified atom stereocenters. The highest BCUT2D eigenvalue weighted by Crippen LogP contribution is 2.22. The van der Waals surface area contributed by atoms with Crippen molar-refractivity contribution in [2.45, 2.75) is 0 Å². The van der Waals surface area contributed by atoms with Gasteiger partial charge in [-0.05, 0) is 93.2 Å². The molecule has 2 amide bonds. The fraction of sp³-hybridized carbons (Fsp3) is 0. The Morgan fingerprint density at radius 2 is 1.68 bits per heavy atom. The van der Waals surface area contributed by atoms with E-state index < -0.39 is 0 Å². The second kappa shape index (κ2) is 6.37. The number of hydrogen-bond donors (Lipinski definition) is 1. The molecule has 1 aliphatic rings. The van der Waals surface area contributed by atoms with Crippen molar-refractivity contribution in [3.8, 4) is 0 Å². The zero-order valence-corrected chi connectivity index (χ0v) is 15.5. The number of carbonyl (C=O) groups excluding carboxylic acids is 2. The summed E-state index contributed by atoms with van der Waals surface area (Å²) in [7, 11) is 0. The summed E-state index contributed by atoms with van der Waals surface area (Å²) in [5, 5.41) is 1.28. The van der Waals surface area contributed by atoms with Gasteiger partial charge in [-0.15, -0.1) is 0 Å². The summed E-state index contributed by atoms with van der Waals surface area (Å²) in [5.41, 5.74) is 4.21. The number of hydrogen-bond acceptors (Lipinski definition) is 2. The average molecular weight is 516 g/mol. The van der Waals surface area contributed by atoms with Gasteiger partial charge >= 0.3 is 0 Å². The molecule has 0 aromatic heterocycles. The summed E-state index contributed by atoms with van der Waals surface area (Å²) in [4.78, 5) is 24.5.